The summed E-state index contributed by atoms with van der Waals surface area (Å²) < 4.78 is 6.87. The fourth-order valence-corrected chi connectivity index (χ4v) is 3.32. The van der Waals surface area contributed by atoms with Gasteiger partial charge in [0.1, 0.15) is 24.0 Å². The lowest BCUT2D eigenvalue weighted by atomic mass is 10.1. The van der Waals surface area contributed by atoms with Crippen LogP contribution in [0, 0.1) is 11.3 Å². The third-order valence-electron chi connectivity index (χ3n) is 4.12. The summed E-state index contributed by atoms with van der Waals surface area (Å²) in [5.41, 5.74) is 1.76. The van der Waals surface area contributed by atoms with Crippen LogP contribution in [0.2, 0.25) is 15.1 Å². The zero-order valence-corrected chi connectivity index (χ0v) is 19.7. The van der Waals surface area contributed by atoms with E-state index in [-0.39, 0.29) is 5.57 Å². The van der Waals surface area contributed by atoms with Crippen molar-refractivity contribution in [2.75, 3.05) is 5.32 Å². The van der Waals surface area contributed by atoms with Crippen LogP contribution in [0.3, 0.4) is 0 Å². The van der Waals surface area contributed by atoms with Crippen molar-refractivity contribution in [3.05, 3.63) is 96.9 Å². The Morgan fingerprint density at radius 2 is 1.77 bits per heavy atom. The van der Waals surface area contributed by atoms with Crippen molar-refractivity contribution in [2.24, 2.45) is 0 Å². The van der Waals surface area contributed by atoms with Gasteiger partial charge < -0.3 is 10.1 Å². The summed E-state index contributed by atoms with van der Waals surface area (Å²) in [6, 6.07) is 19.3. The van der Waals surface area contributed by atoms with Crippen LogP contribution >= 0.6 is 50.7 Å². The highest BCUT2D eigenvalue weighted by Crippen LogP contribution is 2.28. The molecular formula is C23H14BrCl3N2O2. The lowest BCUT2D eigenvalue weighted by Crippen LogP contribution is -2.13. The minimum absolute atomic E-state index is 0.123. The first-order valence-corrected chi connectivity index (χ1v) is 10.8. The third kappa shape index (κ3) is 6.49. The van der Waals surface area contributed by atoms with Gasteiger partial charge in [0.15, 0.2) is 0 Å². The molecule has 1 amide bonds. The SMILES string of the molecule is N#C/C(=C\c1cc(Cl)ccc1OCc1ccc(Br)cc1)C(=O)Nc1ccc(Cl)c(Cl)c1. The number of amides is 1. The van der Waals surface area contributed by atoms with Crippen LogP contribution < -0.4 is 10.1 Å². The van der Waals surface area contributed by atoms with Gasteiger partial charge in [-0.1, -0.05) is 62.9 Å². The van der Waals surface area contributed by atoms with E-state index in [1.54, 1.807) is 30.3 Å². The molecule has 8 heteroatoms. The van der Waals surface area contributed by atoms with E-state index >= 15 is 0 Å². The Morgan fingerprint density at radius 1 is 1.03 bits per heavy atom. The Kier molecular flexibility index (Phi) is 8.00. The number of hydrogen-bond acceptors (Lipinski definition) is 3. The molecule has 0 bridgehead atoms. The van der Waals surface area contributed by atoms with Crippen LogP contribution in [-0.2, 0) is 11.4 Å². The average Bonchev–Trinajstić information content (AvgIpc) is 2.75. The molecule has 3 aromatic carbocycles. The van der Waals surface area contributed by atoms with E-state index in [0.717, 1.165) is 10.0 Å². The second-order valence-corrected chi connectivity index (χ2v) is 8.52. The second-order valence-electron chi connectivity index (χ2n) is 6.35. The second kappa shape index (κ2) is 10.7. The minimum Gasteiger partial charge on any atom is -0.488 e. The zero-order chi connectivity index (χ0) is 22.4. The third-order valence-corrected chi connectivity index (χ3v) is 5.62. The van der Waals surface area contributed by atoms with E-state index in [2.05, 4.69) is 21.2 Å². The smallest absolute Gasteiger partial charge is 0.266 e. The van der Waals surface area contributed by atoms with Crippen LogP contribution in [0.1, 0.15) is 11.1 Å². The predicted molar refractivity (Wildman–Crippen MR) is 129 cm³/mol. The number of carbonyl (C=O) groups excluding carboxylic acids is 1. The fourth-order valence-electron chi connectivity index (χ4n) is 2.58. The van der Waals surface area contributed by atoms with Gasteiger partial charge in [-0.3, -0.25) is 4.79 Å². The Morgan fingerprint density at radius 3 is 2.45 bits per heavy atom. The maximum atomic E-state index is 12.6. The maximum absolute atomic E-state index is 12.6. The number of anilines is 1. The molecule has 31 heavy (non-hydrogen) atoms. The molecule has 0 aromatic heterocycles. The molecule has 0 saturated heterocycles. The van der Waals surface area contributed by atoms with Gasteiger partial charge in [0.05, 0.1) is 10.0 Å². The van der Waals surface area contributed by atoms with Crippen LogP contribution in [0.4, 0.5) is 5.69 Å². The van der Waals surface area contributed by atoms with Gasteiger partial charge in [-0.25, -0.2) is 0 Å². The molecule has 1 N–H and O–H groups in total. The average molecular weight is 537 g/mol. The molecule has 3 aromatic rings. The van der Waals surface area contributed by atoms with Gasteiger partial charge in [-0.15, -0.1) is 0 Å². The molecule has 0 fully saturated rings. The Labute approximate surface area is 203 Å². The van der Waals surface area contributed by atoms with Crippen molar-refractivity contribution in [1.29, 1.82) is 5.26 Å². The molecule has 0 radical (unpaired) electrons. The number of hydrogen-bond donors (Lipinski definition) is 1. The van der Waals surface area contributed by atoms with Crippen LogP contribution in [0.5, 0.6) is 5.75 Å². The summed E-state index contributed by atoms with van der Waals surface area (Å²) in [6.45, 7) is 0.313. The van der Waals surface area contributed by atoms with Gasteiger partial charge in [-0.2, -0.15) is 5.26 Å². The standard InChI is InChI=1S/C23H14BrCl3N2O2/c24-17-3-1-14(2-4-17)13-31-22-8-5-18(25)10-15(22)9-16(12-28)23(30)29-19-6-7-20(26)21(27)11-19/h1-11H,13H2,(H,29,30)/b16-9+. The fraction of sp³-hybridized carbons (Fsp3) is 0.0435. The molecule has 0 aliphatic carbocycles. The minimum atomic E-state index is -0.597. The van der Waals surface area contributed by atoms with Crippen LogP contribution in [0.15, 0.2) is 70.7 Å². The molecule has 0 aliphatic heterocycles. The van der Waals surface area contributed by atoms with Crippen molar-refractivity contribution in [1.82, 2.24) is 0 Å². The number of nitrogens with one attached hydrogen (secondary N) is 1. The summed E-state index contributed by atoms with van der Waals surface area (Å²) in [5.74, 6) is -0.109. The van der Waals surface area contributed by atoms with E-state index in [4.69, 9.17) is 39.5 Å². The highest BCUT2D eigenvalue weighted by molar-refractivity contribution is 9.10. The zero-order valence-electron chi connectivity index (χ0n) is 15.8. The largest absolute Gasteiger partial charge is 0.488 e. The Hall–Kier alpha value is -2.49. The summed E-state index contributed by atoms with van der Waals surface area (Å²) in [5, 5.41) is 13.3. The van der Waals surface area contributed by atoms with Crippen molar-refractivity contribution in [2.45, 2.75) is 6.61 Å². The lowest BCUT2D eigenvalue weighted by Gasteiger charge is -2.11. The Balaban J connectivity index is 1.82. The van der Waals surface area contributed by atoms with Crippen LogP contribution in [-0.4, -0.2) is 5.91 Å². The molecule has 0 unspecified atom stereocenters. The molecular weight excluding hydrogens is 523 g/mol. The number of rotatable bonds is 6. The number of benzene rings is 3. The molecule has 3 rings (SSSR count). The predicted octanol–water partition coefficient (Wildman–Crippen LogP) is 7.53. The molecule has 0 spiro atoms. The highest BCUT2D eigenvalue weighted by Gasteiger charge is 2.13. The van der Waals surface area contributed by atoms with Gasteiger partial charge >= 0.3 is 0 Å². The summed E-state index contributed by atoms with van der Waals surface area (Å²) in [4.78, 5) is 12.6. The summed E-state index contributed by atoms with van der Waals surface area (Å²) in [7, 11) is 0. The van der Waals surface area contributed by atoms with E-state index in [1.807, 2.05) is 30.3 Å². The van der Waals surface area contributed by atoms with Gasteiger partial charge in [-0.05, 0) is 60.2 Å². The number of nitrogens with zero attached hydrogens (tertiary/aromatic N) is 1. The monoisotopic (exact) mass is 534 g/mol. The van der Waals surface area contributed by atoms with E-state index in [9.17, 15) is 10.1 Å². The van der Waals surface area contributed by atoms with E-state index in [1.165, 1.54) is 12.1 Å². The highest BCUT2D eigenvalue weighted by atomic mass is 79.9. The van der Waals surface area contributed by atoms with Crippen molar-refractivity contribution in [3.63, 3.8) is 0 Å². The summed E-state index contributed by atoms with van der Waals surface area (Å²) >= 11 is 21.4. The normalized spacial score (nSPS) is 11.0. The molecule has 0 heterocycles. The van der Waals surface area contributed by atoms with E-state index in [0.29, 0.717) is 38.7 Å². The molecule has 156 valence electrons. The molecule has 0 aliphatic rings. The van der Waals surface area contributed by atoms with Gasteiger partial charge in [0, 0.05) is 20.7 Å². The van der Waals surface area contributed by atoms with Crippen molar-refractivity contribution < 1.29 is 9.53 Å². The lowest BCUT2D eigenvalue weighted by molar-refractivity contribution is -0.112. The number of nitriles is 1. The Bertz CT molecular complexity index is 1190. The molecule has 0 saturated carbocycles. The first kappa shape index (κ1) is 23.2. The first-order chi connectivity index (χ1) is 14.9. The van der Waals surface area contributed by atoms with E-state index < -0.39 is 5.91 Å². The number of halogens is 4. The first-order valence-electron chi connectivity index (χ1n) is 8.90. The quantitative estimate of drug-likeness (QED) is 0.262. The molecule has 4 nitrogen and oxygen atoms in total. The van der Waals surface area contributed by atoms with Crippen molar-refractivity contribution in [3.8, 4) is 11.8 Å². The van der Waals surface area contributed by atoms with Crippen molar-refractivity contribution >= 4 is 68.4 Å². The number of carbonyl (C=O) groups is 1. The van der Waals surface area contributed by atoms with Gasteiger partial charge in [0.2, 0.25) is 0 Å². The summed E-state index contributed by atoms with van der Waals surface area (Å²) in [6.07, 6.45) is 1.43. The maximum Gasteiger partial charge on any atom is 0.266 e. The molecule has 0 atom stereocenters. The topological polar surface area (TPSA) is 62.1 Å². The van der Waals surface area contributed by atoms with Gasteiger partial charge in [0.25, 0.3) is 5.91 Å². The number of ether oxygens (including phenoxy) is 1. The van der Waals surface area contributed by atoms with Crippen LogP contribution in [0.25, 0.3) is 6.08 Å².